The number of rotatable bonds is 3. The van der Waals surface area contributed by atoms with Gasteiger partial charge in [-0.15, -0.1) is 0 Å². The Bertz CT molecular complexity index is 551. The molecule has 1 aliphatic rings. The largest absolute Gasteiger partial charge is 0.496 e. The van der Waals surface area contributed by atoms with Crippen LogP contribution in [-0.4, -0.2) is 61.7 Å². The van der Waals surface area contributed by atoms with E-state index in [1.807, 2.05) is 13.0 Å². The van der Waals surface area contributed by atoms with Gasteiger partial charge < -0.3 is 19.3 Å². The van der Waals surface area contributed by atoms with E-state index in [-0.39, 0.29) is 12.0 Å². The predicted octanol–water partition coefficient (Wildman–Crippen LogP) is 1.92. The second-order valence-electron chi connectivity index (χ2n) is 5.16. The second-order valence-corrected chi connectivity index (χ2v) is 5.16. The van der Waals surface area contributed by atoms with Gasteiger partial charge in [0.2, 0.25) is 0 Å². The summed E-state index contributed by atoms with van der Waals surface area (Å²) in [5, 5.41) is 0. The van der Waals surface area contributed by atoms with Gasteiger partial charge in [0.05, 0.1) is 13.7 Å². The van der Waals surface area contributed by atoms with E-state index in [0.717, 1.165) is 5.56 Å². The minimum Gasteiger partial charge on any atom is -0.496 e. The van der Waals surface area contributed by atoms with Gasteiger partial charge in [-0.1, -0.05) is 6.07 Å². The van der Waals surface area contributed by atoms with Gasteiger partial charge in [0.15, 0.2) is 0 Å². The standard InChI is InChI=1S/C16H22N2O4/c1-4-22-16(20)18-9-7-17(8-10-18)15(19)13-6-5-12(2)14(11-13)21-3/h5-6,11H,4,7-10H2,1-3H3. The molecule has 0 aromatic heterocycles. The summed E-state index contributed by atoms with van der Waals surface area (Å²) >= 11 is 0. The van der Waals surface area contributed by atoms with Crippen molar-refractivity contribution < 1.29 is 19.1 Å². The zero-order valence-electron chi connectivity index (χ0n) is 13.3. The van der Waals surface area contributed by atoms with Crippen LogP contribution in [0.1, 0.15) is 22.8 Å². The van der Waals surface area contributed by atoms with Crippen LogP contribution in [0.5, 0.6) is 5.75 Å². The first-order valence-corrected chi connectivity index (χ1v) is 7.42. The van der Waals surface area contributed by atoms with E-state index in [9.17, 15) is 9.59 Å². The Morgan fingerprint density at radius 2 is 1.77 bits per heavy atom. The summed E-state index contributed by atoms with van der Waals surface area (Å²) in [6.45, 7) is 6.08. The van der Waals surface area contributed by atoms with Crippen molar-refractivity contribution in [3.8, 4) is 5.75 Å². The first-order valence-electron chi connectivity index (χ1n) is 7.42. The Balaban J connectivity index is 1.99. The molecule has 0 spiro atoms. The van der Waals surface area contributed by atoms with Crippen molar-refractivity contribution in [1.29, 1.82) is 0 Å². The molecule has 0 saturated carbocycles. The second kappa shape index (κ2) is 7.15. The SMILES string of the molecule is CCOC(=O)N1CCN(C(=O)c2ccc(C)c(OC)c2)CC1. The van der Waals surface area contributed by atoms with Crippen molar-refractivity contribution in [3.63, 3.8) is 0 Å². The van der Waals surface area contributed by atoms with Crippen LogP contribution in [-0.2, 0) is 4.74 Å². The van der Waals surface area contributed by atoms with Crippen molar-refractivity contribution in [3.05, 3.63) is 29.3 Å². The molecule has 0 unspecified atom stereocenters. The smallest absolute Gasteiger partial charge is 0.409 e. The summed E-state index contributed by atoms with van der Waals surface area (Å²) in [6.07, 6.45) is -0.313. The minimum atomic E-state index is -0.313. The number of benzene rings is 1. The van der Waals surface area contributed by atoms with Crippen LogP contribution in [0.25, 0.3) is 0 Å². The normalized spacial score (nSPS) is 14.7. The number of methoxy groups -OCH3 is 1. The highest BCUT2D eigenvalue weighted by Gasteiger charge is 2.25. The highest BCUT2D eigenvalue weighted by atomic mass is 16.6. The summed E-state index contributed by atoms with van der Waals surface area (Å²) in [5.41, 5.74) is 1.60. The molecular weight excluding hydrogens is 284 g/mol. The van der Waals surface area contributed by atoms with Crippen LogP contribution in [0.15, 0.2) is 18.2 Å². The van der Waals surface area contributed by atoms with E-state index in [2.05, 4.69) is 0 Å². The molecule has 1 heterocycles. The van der Waals surface area contributed by atoms with Gasteiger partial charge in [0, 0.05) is 31.7 Å². The summed E-state index contributed by atoms with van der Waals surface area (Å²) in [5.74, 6) is 0.665. The number of hydrogen-bond donors (Lipinski definition) is 0. The number of hydrogen-bond acceptors (Lipinski definition) is 4. The maximum absolute atomic E-state index is 12.5. The lowest BCUT2D eigenvalue weighted by molar-refractivity contribution is 0.0570. The lowest BCUT2D eigenvalue weighted by Crippen LogP contribution is -2.50. The molecule has 1 fully saturated rings. The average Bonchev–Trinajstić information content (AvgIpc) is 2.55. The quantitative estimate of drug-likeness (QED) is 0.856. The van der Waals surface area contributed by atoms with E-state index in [1.54, 1.807) is 36.0 Å². The zero-order valence-corrected chi connectivity index (χ0v) is 13.3. The lowest BCUT2D eigenvalue weighted by Gasteiger charge is -2.34. The maximum Gasteiger partial charge on any atom is 0.409 e. The van der Waals surface area contributed by atoms with Gasteiger partial charge in [-0.2, -0.15) is 0 Å². The van der Waals surface area contributed by atoms with Gasteiger partial charge in [0.1, 0.15) is 5.75 Å². The van der Waals surface area contributed by atoms with Crippen LogP contribution in [0, 0.1) is 6.92 Å². The number of aryl methyl sites for hydroxylation is 1. The molecule has 6 heteroatoms. The molecule has 0 aliphatic carbocycles. The topological polar surface area (TPSA) is 59.1 Å². The van der Waals surface area contributed by atoms with E-state index in [0.29, 0.717) is 44.1 Å². The van der Waals surface area contributed by atoms with Crippen LogP contribution < -0.4 is 4.74 Å². The van der Waals surface area contributed by atoms with E-state index in [1.165, 1.54) is 0 Å². The molecule has 2 amide bonds. The molecule has 0 N–H and O–H groups in total. The number of carbonyl (C=O) groups excluding carboxylic acids is 2. The van der Waals surface area contributed by atoms with E-state index >= 15 is 0 Å². The summed E-state index contributed by atoms with van der Waals surface area (Å²) in [7, 11) is 1.59. The zero-order chi connectivity index (χ0) is 16.1. The molecular formula is C16H22N2O4. The lowest BCUT2D eigenvalue weighted by atomic mass is 10.1. The van der Waals surface area contributed by atoms with Gasteiger partial charge in [-0.25, -0.2) is 4.79 Å². The Kier molecular flexibility index (Phi) is 5.25. The van der Waals surface area contributed by atoms with Crippen LogP contribution in [0.2, 0.25) is 0 Å². The first-order chi connectivity index (χ1) is 10.6. The first kappa shape index (κ1) is 16.1. The van der Waals surface area contributed by atoms with E-state index in [4.69, 9.17) is 9.47 Å². The van der Waals surface area contributed by atoms with Gasteiger partial charge in [-0.3, -0.25) is 4.79 Å². The fourth-order valence-electron chi connectivity index (χ4n) is 2.44. The Morgan fingerprint density at radius 3 is 2.36 bits per heavy atom. The van der Waals surface area contributed by atoms with Crippen LogP contribution in [0.3, 0.4) is 0 Å². The molecule has 2 rings (SSSR count). The van der Waals surface area contributed by atoms with Gasteiger partial charge >= 0.3 is 6.09 Å². The van der Waals surface area contributed by atoms with Crippen molar-refractivity contribution in [2.24, 2.45) is 0 Å². The third kappa shape index (κ3) is 3.50. The van der Waals surface area contributed by atoms with Crippen molar-refractivity contribution in [1.82, 2.24) is 9.80 Å². The molecule has 1 aromatic carbocycles. The number of piperazine rings is 1. The maximum atomic E-state index is 12.5. The molecule has 1 saturated heterocycles. The van der Waals surface area contributed by atoms with Gasteiger partial charge in [0.25, 0.3) is 5.91 Å². The van der Waals surface area contributed by atoms with Crippen molar-refractivity contribution in [2.75, 3.05) is 39.9 Å². The number of carbonyl (C=O) groups is 2. The molecule has 1 aromatic rings. The summed E-state index contributed by atoms with van der Waals surface area (Å²) in [6, 6.07) is 5.44. The van der Waals surface area contributed by atoms with Crippen molar-refractivity contribution >= 4 is 12.0 Å². The summed E-state index contributed by atoms with van der Waals surface area (Å²) < 4.78 is 10.2. The van der Waals surface area contributed by atoms with Crippen molar-refractivity contribution in [2.45, 2.75) is 13.8 Å². The molecule has 1 aliphatic heterocycles. The third-order valence-corrected chi connectivity index (χ3v) is 3.75. The van der Waals surface area contributed by atoms with Gasteiger partial charge in [-0.05, 0) is 31.5 Å². The fraction of sp³-hybridized carbons (Fsp3) is 0.500. The predicted molar refractivity (Wildman–Crippen MR) is 82.2 cm³/mol. The molecule has 0 bridgehead atoms. The fourth-order valence-corrected chi connectivity index (χ4v) is 2.44. The molecule has 120 valence electrons. The number of nitrogens with zero attached hydrogens (tertiary/aromatic N) is 2. The number of ether oxygens (including phenoxy) is 2. The molecule has 22 heavy (non-hydrogen) atoms. The monoisotopic (exact) mass is 306 g/mol. The highest BCUT2D eigenvalue weighted by molar-refractivity contribution is 5.95. The number of amides is 2. The average molecular weight is 306 g/mol. The van der Waals surface area contributed by atoms with Crippen LogP contribution >= 0.6 is 0 Å². The Morgan fingerprint density at radius 1 is 1.14 bits per heavy atom. The Hall–Kier alpha value is -2.24. The van der Waals surface area contributed by atoms with Crippen LogP contribution in [0.4, 0.5) is 4.79 Å². The third-order valence-electron chi connectivity index (χ3n) is 3.75. The molecule has 0 atom stereocenters. The summed E-state index contributed by atoms with van der Waals surface area (Å²) in [4.78, 5) is 27.5. The van der Waals surface area contributed by atoms with E-state index < -0.39 is 0 Å². The minimum absolute atomic E-state index is 0.0400. The molecule has 6 nitrogen and oxygen atoms in total. The highest BCUT2D eigenvalue weighted by Crippen LogP contribution is 2.20. The molecule has 0 radical (unpaired) electrons. The Labute approximate surface area is 130 Å².